The highest BCUT2D eigenvalue weighted by Crippen LogP contribution is 2.24. The molecule has 3 rings (SSSR count). The van der Waals surface area contributed by atoms with Gasteiger partial charge in [0.1, 0.15) is 12.1 Å². The molecule has 0 unspecified atom stereocenters. The molecule has 4 nitrogen and oxygen atoms in total. The minimum Gasteiger partial charge on any atom is -0.353 e. The van der Waals surface area contributed by atoms with Gasteiger partial charge in [-0.2, -0.15) is 0 Å². The molecule has 0 bridgehead atoms. The Kier molecular flexibility index (Phi) is 3.88. The average Bonchev–Trinajstić information content (AvgIpc) is 2.42. The van der Waals surface area contributed by atoms with Crippen LogP contribution in [-0.4, -0.2) is 41.0 Å². The summed E-state index contributed by atoms with van der Waals surface area (Å²) in [5, 5.41) is 0. The molecule has 0 amide bonds. The second-order valence-corrected chi connectivity index (χ2v) is 5.99. The second kappa shape index (κ2) is 5.82. The standard InChI is InChI=1S/C17H22N4/c1-13-4-6-15(7-5-13)9-20(3)16-10-21(11-16)17-14(2)8-18-12-19-17/h4-8,12,16H,9-11H2,1-3H3. The topological polar surface area (TPSA) is 32.3 Å². The summed E-state index contributed by atoms with van der Waals surface area (Å²) < 4.78 is 0. The fourth-order valence-corrected chi connectivity index (χ4v) is 2.74. The van der Waals surface area contributed by atoms with E-state index in [-0.39, 0.29) is 0 Å². The molecule has 1 aromatic carbocycles. The second-order valence-electron chi connectivity index (χ2n) is 5.99. The van der Waals surface area contributed by atoms with E-state index in [1.54, 1.807) is 6.33 Å². The Hall–Kier alpha value is -1.94. The third-order valence-corrected chi connectivity index (χ3v) is 4.21. The van der Waals surface area contributed by atoms with Gasteiger partial charge >= 0.3 is 0 Å². The van der Waals surface area contributed by atoms with Crippen LogP contribution in [0.25, 0.3) is 0 Å². The molecule has 110 valence electrons. The highest BCUT2D eigenvalue weighted by atomic mass is 15.3. The average molecular weight is 282 g/mol. The molecule has 4 heteroatoms. The van der Waals surface area contributed by atoms with Gasteiger partial charge in [-0.1, -0.05) is 29.8 Å². The molecule has 0 saturated carbocycles. The summed E-state index contributed by atoms with van der Waals surface area (Å²) in [6.45, 7) is 7.28. The fourth-order valence-electron chi connectivity index (χ4n) is 2.74. The molecule has 0 radical (unpaired) electrons. The highest BCUT2D eigenvalue weighted by Gasteiger charge is 2.31. The number of hydrogen-bond donors (Lipinski definition) is 0. The van der Waals surface area contributed by atoms with E-state index in [0.29, 0.717) is 6.04 Å². The van der Waals surface area contributed by atoms with Crippen LogP contribution in [0.15, 0.2) is 36.8 Å². The van der Waals surface area contributed by atoms with Gasteiger partial charge in [-0.25, -0.2) is 9.97 Å². The van der Waals surface area contributed by atoms with E-state index < -0.39 is 0 Å². The van der Waals surface area contributed by atoms with E-state index in [4.69, 9.17) is 0 Å². The van der Waals surface area contributed by atoms with Crippen molar-refractivity contribution >= 4 is 5.82 Å². The van der Waals surface area contributed by atoms with Crippen LogP contribution in [0.3, 0.4) is 0 Å². The van der Waals surface area contributed by atoms with Crippen LogP contribution in [0.1, 0.15) is 16.7 Å². The first kappa shape index (κ1) is 14.0. The predicted molar refractivity (Wildman–Crippen MR) is 85.4 cm³/mol. The number of hydrogen-bond acceptors (Lipinski definition) is 4. The van der Waals surface area contributed by atoms with Crippen molar-refractivity contribution in [2.75, 3.05) is 25.0 Å². The van der Waals surface area contributed by atoms with Crippen LogP contribution in [0.2, 0.25) is 0 Å². The maximum Gasteiger partial charge on any atom is 0.134 e. The van der Waals surface area contributed by atoms with Gasteiger partial charge in [-0.15, -0.1) is 0 Å². The lowest BCUT2D eigenvalue weighted by Crippen LogP contribution is -2.58. The molecule has 0 aliphatic carbocycles. The van der Waals surface area contributed by atoms with Gasteiger partial charge < -0.3 is 4.90 Å². The smallest absolute Gasteiger partial charge is 0.134 e. The van der Waals surface area contributed by atoms with E-state index in [0.717, 1.165) is 31.0 Å². The van der Waals surface area contributed by atoms with Crippen LogP contribution in [0.4, 0.5) is 5.82 Å². The zero-order valence-corrected chi connectivity index (χ0v) is 13.0. The number of aryl methyl sites for hydroxylation is 2. The van der Waals surface area contributed by atoms with Gasteiger partial charge in [0.25, 0.3) is 0 Å². The van der Waals surface area contributed by atoms with Crippen molar-refractivity contribution in [2.45, 2.75) is 26.4 Å². The van der Waals surface area contributed by atoms with Gasteiger partial charge in [-0.05, 0) is 26.5 Å². The van der Waals surface area contributed by atoms with Crippen molar-refractivity contribution in [3.05, 3.63) is 53.5 Å². The fraction of sp³-hybridized carbons (Fsp3) is 0.412. The van der Waals surface area contributed by atoms with Crippen LogP contribution in [0.5, 0.6) is 0 Å². The van der Waals surface area contributed by atoms with Crippen molar-refractivity contribution in [3.63, 3.8) is 0 Å². The Morgan fingerprint density at radius 3 is 2.57 bits per heavy atom. The van der Waals surface area contributed by atoms with E-state index >= 15 is 0 Å². The largest absolute Gasteiger partial charge is 0.353 e. The summed E-state index contributed by atoms with van der Waals surface area (Å²) in [6.07, 6.45) is 3.51. The molecule has 1 aliphatic heterocycles. The van der Waals surface area contributed by atoms with Crippen molar-refractivity contribution < 1.29 is 0 Å². The maximum atomic E-state index is 4.38. The van der Waals surface area contributed by atoms with E-state index in [1.807, 2.05) is 6.20 Å². The molecular formula is C17H22N4. The lowest BCUT2D eigenvalue weighted by atomic mass is 10.1. The number of nitrogens with zero attached hydrogens (tertiary/aromatic N) is 4. The summed E-state index contributed by atoms with van der Waals surface area (Å²) in [5.41, 5.74) is 3.84. The monoisotopic (exact) mass is 282 g/mol. The summed E-state index contributed by atoms with van der Waals surface area (Å²) in [5.74, 6) is 1.07. The molecule has 0 atom stereocenters. The molecule has 1 aliphatic rings. The highest BCUT2D eigenvalue weighted by molar-refractivity contribution is 5.47. The van der Waals surface area contributed by atoms with E-state index in [2.05, 4.69) is 64.9 Å². The minimum absolute atomic E-state index is 0.598. The van der Waals surface area contributed by atoms with Crippen LogP contribution < -0.4 is 4.90 Å². The van der Waals surface area contributed by atoms with Gasteiger partial charge in [0.15, 0.2) is 0 Å². The van der Waals surface area contributed by atoms with Gasteiger partial charge in [-0.3, -0.25) is 4.90 Å². The number of rotatable bonds is 4. The van der Waals surface area contributed by atoms with E-state index in [9.17, 15) is 0 Å². The molecule has 21 heavy (non-hydrogen) atoms. The molecule has 2 aromatic rings. The maximum absolute atomic E-state index is 4.38. The first-order valence-corrected chi connectivity index (χ1v) is 7.41. The quantitative estimate of drug-likeness (QED) is 0.862. The zero-order chi connectivity index (χ0) is 14.8. The first-order valence-electron chi connectivity index (χ1n) is 7.41. The Labute approximate surface area is 126 Å². The van der Waals surface area contributed by atoms with Crippen molar-refractivity contribution in [3.8, 4) is 0 Å². The Bertz CT molecular complexity index is 602. The molecule has 2 heterocycles. The molecular weight excluding hydrogens is 260 g/mol. The van der Waals surface area contributed by atoms with Crippen molar-refractivity contribution in [1.29, 1.82) is 0 Å². The van der Waals surface area contributed by atoms with Gasteiger partial charge in [0.2, 0.25) is 0 Å². The first-order chi connectivity index (χ1) is 10.1. The van der Waals surface area contributed by atoms with E-state index in [1.165, 1.54) is 11.1 Å². The predicted octanol–water partition coefficient (Wildman–Crippen LogP) is 2.41. The van der Waals surface area contributed by atoms with Crippen molar-refractivity contribution in [2.24, 2.45) is 0 Å². The molecule has 0 N–H and O–H groups in total. The molecule has 0 spiro atoms. The summed E-state index contributed by atoms with van der Waals surface area (Å²) >= 11 is 0. The third-order valence-electron chi connectivity index (χ3n) is 4.21. The lowest BCUT2D eigenvalue weighted by Gasteiger charge is -2.45. The number of aromatic nitrogens is 2. The van der Waals surface area contributed by atoms with Crippen LogP contribution in [0, 0.1) is 13.8 Å². The molecule has 1 saturated heterocycles. The number of benzene rings is 1. The Morgan fingerprint density at radius 2 is 1.90 bits per heavy atom. The third kappa shape index (κ3) is 3.05. The van der Waals surface area contributed by atoms with Gasteiger partial charge in [0, 0.05) is 37.4 Å². The minimum atomic E-state index is 0.598. The molecule has 1 aromatic heterocycles. The molecule has 1 fully saturated rings. The normalized spacial score (nSPS) is 15.3. The lowest BCUT2D eigenvalue weighted by molar-refractivity contribution is 0.196. The zero-order valence-electron chi connectivity index (χ0n) is 13.0. The summed E-state index contributed by atoms with van der Waals surface area (Å²) in [7, 11) is 2.20. The summed E-state index contributed by atoms with van der Waals surface area (Å²) in [4.78, 5) is 13.2. The summed E-state index contributed by atoms with van der Waals surface area (Å²) in [6, 6.07) is 9.40. The van der Waals surface area contributed by atoms with Crippen LogP contribution in [-0.2, 0) is 6.54 Å². The number of anilines is 1. The van der Waals surface area contributed by atoms with Gasteiger partial charge in [0.05, 0.1) is 0 Å². The Morgan fingerprint density at radius 1 is 1.19 bits per heavy atom. The van der Waals surface area contributed by atoms with Crippen LogP contribution >= 0.6 is 0 Å². The Balaban J connectivity index is 1.56. The number of likely N-dealkylation sites (N-methyl/N-ethyl adjacent to an activating group) is 1. The SMILES string of the molecule is Cc1ccc(CN(C)C2CN(c3ncncc3C)C2)cc1. The van der Waals surface area contributed by atoms with Crippen molar-refractivity contribution in [1.82, 2.24) is 14.9 Å².